The van der Waals surface area contributed by atoms with Gasteiger partial charge < -0.3 is 24.5 Å². The van der Waals surface area contributed by atoms with Gasteiger partial charge in [-0.1, -0.05) is 17.7 Å². The number of methoxy groups -OCH3 is 1. The van der Waals surface area contributed by atoms with Crippen LogP contribution in [0.25, 0.3) is 11.5 Å². The average molecular weight is 536 g/mol. The number of rotatable bonds is 8. The van der Waals surface area contributed by atoms with E-state index >= 15 is 0 Å². The smallest absolute Gasteiger partial charge is 0.226 e. The Labute approximate surface area is 200 Å². The van der Waals surface area contributed by atoms with Gasteiger partial charge >= 0.3 is 0 Å². The van der Waals surface area contributed by atoms with Crippen LogP contribution < -0.4 is 20.1 Å². The standard InChI is InChI=1S/C23H28N4O3.HI/c1-16-5-7-18(8-6-16)22-27-19(15-29-22)14-26-23(24-3)25-13-17(2)30-21-11-9-20(28-4)10-12-21;/h5-12,15,17H,13-14H2,1-4H3,(H2,24,25,26);1H. The van der Waals surface area contributed by atoms with Gasteiger partial charge in [0, 0.05) is 12.6 Å². The van der Waals surface area contributed by atoms with Crippen LogP contribution in [0.2, 0.25) is 0 Å². The number of aliphatic imine (C=N–C) groups is 1. The van der Waals surface area contributed by atoms with E-state index in [1.807, 2.05) is 55.5 Å². The van der Waals surface area contributed by atoms with Crippen molar-refractivity contribution in [3.05, 3.63) is 66.1 Å². The van der Waals surface area contributed by atoms with Crippen molar-refractivity contribution in [3.8, 4) is 23.0 Å². The zero-order valence-electron chi connectivity index (χ0n) is 18.2. The van der Waals surface area contributed by atoms with Crippen LogP contribution in [-0.4, -0.2) is 37.7 Å². The first-order valence-corrected chi connectivity index (χ1v) is 9.84. The normalized spacial score (nSPS) is 11.9. The topological polar surface area (TPSA) is 80.9 Å². The molecule has 1 atom stereocenters. The molecule has 166 valence electrons. The summed E-state index contributed by atoms with van der Waals surface area (Å²) in [6, 6.07) is 15.6. The summed E-state index contributed by atoms with van der Waals surface area (Å²) < 4.78 is 16.7. The number of nitrogens with one attached hydrogen (secondary N) is 2. The zero-order chi connectivity index (χ0) is 21.3. The highest BCUT2D eigenvalue weighted by Gasteiger charge is 2.09. The lowest BCUT2D eigenvalue weighted by Crippen LogP contribution is -2.41. The molecule has 0 aliphatic rings. The Kier molecular flexibility index (Phi) is 9.64. The molecule has 0 fully saturated rings. The Balaban J connectivity index is 0.00000341. The first-order chi connectivity index (χ1) is 14.6. The van der Waals surface area contributed by atoms with Crippen molar-refractivity contribution in [1.82, 2.24) is 15.6 Å². The summed E-state index contributed by atoms with van der Waals surface area (Å²) in [4.78, 5) is 8.78. The minimum Gasteiger partial charge on any atom is -0.497 e. The van der Waals surface area contributed by atoms with Crippen LogP contribution in [-0.2, 0) is 6.54 Å². The summed E-state index contributed by atoms with van der Waals surface area (Å²) in [5.74, 6) is 2.87. The van der Waals surface area contributed by atoms with E-state index in [-0.39, 0.29) is 30.1 Å². The fourth-order valence-corrected chi connectivity index (χ4v) is 2.78. The van der Waals surface area contributed by atoms with Gasteiger partial charge in [0.2, 0.25) is 5.89 Å². The lowest BCUT2D eigenvalue weighted by atomic mass is 10.1. The monoisotopic (exact) mass is 536 g/mol. The molecule has 2 aromatic carbocycles. The Morgan fingerprint density at radius 2 is 1.74 bits per heavy atom. The van der Waals surface area contributed by atoms with E-state index in [2.05, 4.69) is 27.5 Å². The van der Waals surface area contributed by atoms with Crippen molar-refractivity contribution in [2.24, 2.45) is 4.99 Å². The van der Waals surface area contributed by atoms with Gasteiger partial charge in [-0.2, -0.15) is 0 Å². The van der Waals surface area contributed by atoms with E-state index in [1.54, 1.807) is 20.4 Å². The highest BCUT2D eigenvalue weighted by Crippen LogP contribution is 2.19. The number of aryl methyl sites for hydroxylation is 1. The second-order valence-electron chi connectivity index (χ2n) is 6.92. The minimum atomic E-state index is -0.0443. The molecule has 31 heavy (non-hydrogen) atoms. The zero-order valence-corrected chi connectivity index (χ0v) is 20.5. The van der Waals surface area contributed by atoms with Crippen LogP contribution >= 0.6 is 24.0 Å². The summed E-state index contributed by atoms with van der Waals surface area (Å²) in [5, 5.41) is 6.50. The Morgan fingerprint density at radius 1 is 1.06 bits per heavy atom. The second-order valence-corrected chi connectivity index (χ2v) is 6.92. The number of hydrogen-bond donors (Lipinski definition) is 2. The molecule has 3 rings (SSSR count). The summed E-state index contributed by atoms with van der Waals surface area (Å²) in [5.41, 5.74) is 2.96. The summed E-state index contributed by atoms with van der Waals surface area (Å²) in [6.45, 7) is 5.15. The van der Waals surface area contributed by atoms with Crippen molar-refractivity contribution in [3.63, 3.8) is 0 Å². The molecule has 0 aliphatic heterocycles. The van der Waals surface area contributed by atoms with Crippen LogP contribution in [0.4, 0.5) is 0 Å². The molecular formula is C23H29IN4O3. The Morgan fingerprint density at radius 3 is 2.39 bits per heavy atom. The van der Waals surface area contributed by atoms with Crippen LogP contribution in [0.15, 0.2) is 64.2 Å². The third-order valence-electron chi connectivity index (χ3n) is 4.46. The highest BCUT2D eigenvalue weighted by atomic mass is 127. The van der Waals surface area contributed by atoms with Crippen LogP contribution in [0.1, 0.15) is 18.2 Å². The number of oxazole rings is 1. The second kappa shape index (κ2) is 12.2. The van der Waals surface area contributed by atoms with Gasteiger partial charge in [-0.05, 0) is 50.2 Å². The van der Waals surface area contributed by atoms with Crippen molar-refractivity contribution >= 4 is 29.9 Å². The van der Waals surface area contributed by atoms with Gasteiger partial charge in [0.05, 0.1) is 25.9 Å². The molecule has 8 heteroatoms. The first-order valence-electron chi connectivity index (χ1n) is 9.84. The molecule has 0 aliphatic carbocycles. The van der Waals surface area contributed by atoms with E-state index < -0.39 is 0 Å². The molecule has 0 amide bonds. The van der Waals surface area contributed by atoms with E-state index in [0.29, 0.717) is 24.9 Å². The fourth-order valence-electron chi connectivity index (χ4n) is 2.78. The third kappa shape index (κ3) is 7.46. The number of ether oxygens (including phenoxy) is 2. The van der Waals surface area contributed by atoms with Crippen LogP contribution in [0, 0.1) is 6.92 Å². The molecule has 1 heterocycles. The van der Waals surface area contributed by atoms with Gasteiger partial charge in [-0.25, -0.2) is 4.98 Å². The predicted molar refractivity (Wildman–Crippen MR) is 133 cm³/mol. The Bertz CT molecular complexity index is 956. The van der Waals surface area contributed by atoms with Gasteiger partial charge in [0.25, 0.3) is 0 Å². The van der Waals surface area contributed by atoms with E-state index in [1.165, 1.54) is 5.56 Å². The molecule has 1 unspecified atom stereocenters. The van der Waals surface area contributed by atoms with Crippen LogP contribution in [0.5, 0.6) is 11.5 Å². The molecule has 3 aromatic rings. The molecule has 0 spiro atoms. The maximum Gasteiger partial charge on any atom is 0.226 e. The number of benzene rings is 2. The molecule has 0 saturated carbocycles. The van der Waals surface area contributed by atoms with E-state index in [0.717, 1.165) is 22.8 Å². The molecule has 0 bridgehead atoms. The van der Waals surface area contributed by atoms with Gasteiger partial charge in [-0.15, -0.1) is 24.0 Å². The maximum atomic E-state index is 5.90. The Hall–Kier alpha value is -2.75. The molecule has 1 aromatic heterocycles. The quantitative estimate of drug-likeness (QED) is 0.252. The van der Waals surface area contributed by atoms with Crippen molar-refractivity contribution in [2.75, 3.05) is 20.7 Å². The maximum absolute atomic E-state index is 5.90. The number of nitrogens with zero attached hydrogens (tertiary/aromatic N) is 2. The van der Waals surface area contributed by atoms with E-state index in [9.17, 15) is 0 Å². The van der Waals surface area contributed by atoms with Crippen molar-refractivity contribution < 1.29 is 13.9 Å². The molecule has 0 saturated heterocycles. The average Bonchev–Trinajstić information content (AvgIpc) is 3.24. The fraction of sp³-hybridized carbons (Fsp3) is 0.304. The van der Waals surface area contributed by atoms with E-state index in [4.69, 9.17) is 13.9 Å². The van der Waals surface area contributed by atoms with Crippen LogP contribution in [0.3, 0.4) is 0 Å². The summed E-state index contributed by atoms with van der Waals surface area (Å²) in [6.07, 6.45) is 1.61. The molecule has 2 N–H and O–H groups in total. The molecule has 7 nitrogen and oxygen atoms in total. The number of aromatic nitrogens is 1. The van der Waals surface area contributed by atoms with Crippen molar-refractivity contribution in [2.45, 2.75) is 26.5 Å². The highest BCUT2D eigenvalue weighted by molar-refractivity contribution is 14.0. The SMILES string of the molecule is CN=C(NCc1coc(-c2ccc(C)cc2)n1)NCC(C)Oc1ccc(OC)cc1.I. The number of halogens is 1. The minimum absolute atomic E-state index is 0. The summed E-state index contributed by atoms with van der Waals surface area (Å²) >= 11 is 0. The third-order valence-corrected chi connectivity index (χ3v) is 4.46. The van der Waals surface area contributed by atoms with Gasteiger partial charge in [0.1, 0.15) is 23.9 Å². The summed E-state index contributed by atoms with van der Waals surface area (Å²) in [7, 11) is 3.37. The largest absolute Gasteiger partial charge is 0.497 e. The first kappa shape index (κ1) is 24.5. The predicted octanol–water partition coefficient (Wildman–Crippen LogP) is 4.41. The van der Waals surface area contributed by atoms with Gasteiger partial charge in [0.15, 0.2) is 5.96 Å². The number of hydrogen-bond acceptors (Lipinski definition) is 5. The molecule has 0 radical (unpaired) electrons. The lowest BCUT2D eigenvalue weighted by molar-refractivity contribution is 0.223. The molecular weight excluding hydrogens is 507 g/mol. The van der Waals surface area contributed by atoms with Crippen molar-refractivity contribution in [1.29, 1.82) is 0 Å². The lowest BCUT2D eigenvalue weighted by Gasteiger charge is -2.17. The van der Waals surface area contributed by atoms with Gasteiger partial charge in [-0.3, -0.25) is 4.99 Å². The number of guanidine groups is 1.